The van der Waals surface area contributed by atoms with E-state index in [0.717, 1.165) is 19.3 Å². The standard InChI is InChI=1S/C15H23N/c1-4-12-6-7-13(11(2)3)10-14(12)15(16)8-5-9-15/h6-7,10-11H,4-5,8-9,16H2,1-3H3. The van der Waals surface area contributed by atoms with Gasteiger partial charge in [0.25, 0.3) is 0 Å². The van der Waals surface area contributed by atoms with Crippen LogP contribution < -0.4 is 5.73 Å². The van der Waals surface area contributed by atoms with Gasteiger partial charge in [-0.05, 0) is 48.3 Å². The lowest BCUT2D eigenvalue weighted by atomic mass is 9.70. The molecule has 16 heavy (non-hydrogen) atoms. The third-order valence-corrected chi connectivity index (χ3v) is 3.96. The van der Waals surface area contributed by atoms with Gasteiger partial charge >= 0.3 is 0 Å². The highest BCUT2D eigenvalue weighted by molar-refractivity contribution is 5.39. The molecule has 0 saturated heterocycles. The van der Waals surface area contributed by atoms with Crippen LogP contribution in [0.15, 0.2) is 18.2 Å². The summed E-state index contributed by atoms with van der Waals surface area (Å²) in [6.07, 6.45) is 4.68. The highest BCUT2D eigenvalue weighted by Crippen LogP contribution is 2.41. The molecule has 0 unspecified atom stereocenters. The molecule has 0 bridgehead atoms. The maximum atomic E-state index is 6.47. The molecule has 2 N–H and O–H groups in total. The van der Waals surface area contributed by atoms with Gasteiger partial charge in [-0.2, -0.15) is 0 Å². The zero-order chi connectivity index (χ0) is 11.8. The molecule has 0 aromatic heterocycles. The predicted octanol–water partition coefficient (Wildman–Crippen LogP) is 3.71. The Kier molecular flexibility index (Phi) is 3.07. The van der Waals surface area contributed by atoms with Crippen LogP contribution in [0.4, 0.5) is 0 Å². The summed E-state index contributed by atoms with van der Waals surface area (Å²) in [7, 11) is 0. The number of nitrogens with two attached hydrogens (primary N) is 1. The molecule has 2 rings (SSSR count). The molecule has 0 atom stereocenters. The number of benzene rings is 1. The SMILES string of the molecule is CCc1ccc(C(C)C)cc1C1(N)CCC1. The lowest BCUT2D eigenvalue weighted by Crippen LogP contribution is -2.44. The Morgan fingerprint density at radius 2 is 2.00 bits per heavy atom. The quantitative estimate of drug-likeness (QED) is 0.820. The molecule has 1 saturated carbocycles. The van der Waals surface area contributed by atoms with E-state index in [9.17, 15) is 0 Å². The minimum absolute atomic E-state index is 0.0176. The molecule has 1 aromatic rings. The molecular weight excluding hydrogens is 194 g/mol. The summed E-state index contributed by atoms with van der Waals surface area (Å²) in [5, 5.41) is 0. The first-order valence-corrected chi connectivity index (χ1v) is 6.49. The Morgan fingerprint density at radius 3 is 2.44 bits per heavy atom. The molecule has 1 nitrogen and oxygen atoms in total. The third-order valence-electron chi connectivity index (χ3n) is 3.96. The summed E-state index contributed by atoms with van der Waals surface area (Å²) in [6.45, 7) is 6.71. The lowest BCUT2D eigenvalue weighted by molar-refractivity contribution is 0.251. The summed E-state index contributed by atoms with van der Waals surface area (Å²) >= 11 is 0. The van der Waals surface area contributed by atoms with E-state index in [1.165, 1.54) is 23.1 Å². The van der Waals surface area contributed by atoms with Gasteiger partial charge in [-0.25, -0.2) is 0 Å². The average molecular weight is 217 g/mol. The first-order chi connectivity index (χ1) is 7.57. The van der Waals surface area contributed by atoms with Crippen LogP contribution in [0.25, 0.3) is 0 Å². The van der Waals surface area contributed by atoms with Crippen LogP contribution in [0, 0.1) is 0 Å². The van der Waals surface area contributed by atoms with Crippen molar-refractivity contribution in [3.8, 4) is 0 Å². The van der Waals surface area contributed by atoms with Crippen molar-refractivity contribution < 1.29 is 0 Å². The molecule has 0 radical (unpaired) electrons. The van der Waals surface area contributed by atoms with Gasteiger partial charge in [0.05, 0.1) is 0 Å². The van der Waals surface area contributed by atoms with E-state index in [4.69, 9.17) is 5.73 Å². The van der Waals surface area contributed by atoms with Gasteiger partial charge in [0.2, 0.25) is 0 Å². The third kappa shape index (κ3) is 1.89. The van der Waals surface area contributed by atoms with E-state index in [1.54, 1.807) is 0 Å². The second kappa shape index (κ2) is 4.21. The van der Waals surface area contributed by atoms with Crippen LogP contribution in [-0.4, -0.2) is 0 Å². The van der Waals surface area contributed by atoms with Crippen LogP contribution in [0.2, 0.25) is 0 Å². The van der Waals surface area contributed by atoms with Crippen LogP contribution >= 0.6 is 0 Å². The van der Waals surface area contributed by atoms with Crippen molar-refractivity contribution in [1.29, 1.82) is 0 Å². The van der Waals surface area contributed by atoms with Crippen molar-refractivity contribution >= 4 is 0 Å². The Labute approximate surface area is 99.0 Å². The molecule has 0 spiro atoms. The van der Waals surface area contributed by atoms with Gasteiger partial charge in [0.1, 0.15) is 0 Å². The highest BCUT2D eigenvalue weighted by atomic mass is 14.8. The number of aryl methyl sites for hydroxylation is 1. The number of hydrogen-bond acceptors (Lipinski definition) is 1. The Morgan fingerprint density at radius 1 is 1.31 bits per heavy atom. The van der Waals surface area contributed by atoms with Crippen molar-refractivity contribution in [3.63, 3.8) is 0 Å². The van der Waals surface area contributed by atoms with Crippen LogP contribution in [0.1, 0.15) is 62.6 Å². The fourth-order valence-electron chi connectivity index (χ4n) is 2.55. The molecule has 1 fully saturated rings. The molecule has 0 aliphatic heterocycles. The Bertz CT molecular complexity index is 375. The van der Waals surface area contributed by atoms with E-state index < -0.39 is 0 Å². The fourth-order valence-corrected chi connectivity index (χ4v) is 2.55. The highest BCUT2D eigenvalue weighted by Gasteiger charge is 2.35. The number of rotatable bonds is 3. The summed E-state index contributed by atoms with van der Waals surface area (Å²) in [4.78, 5) is 0. The number of hydrogen-bond donors (Lipinski definition) is 1. The molecule has 1 aliphatic carbocycles. The second-order valence-electron chi connectivity index (χ2n) is 5.43. The van der Waals surface area contributed by atoms with Crippen LogP contribution in [0.3, 0.4) is 0 Å². The van der Waals surface area contributed by atoms with Gasteiger partial charge in [-0.3, -0.25) is 0 Å². The first-order valence-electron chi connectivity index (χ1n) is 6.49. The van der Waals surface area contributed by atoms with E-state index in [2.05, 4.69) is 39.0 Å². The van der Waals surface area contributed by atoms with Gasteiger partial charge in [0, 0.05) is 5.54 Å². The molecule has 0 amide bonds. The van der Waals surface area contributed by atoms with E-state index in [-0.39, 0.29) is 5.54 Å². The monoisotopic (exact) mass is 217 g/mol. The molecule has 88 valence electrons. The first kappa shape index (κ1) is 11.7. The molecule has 1 aliphatic rings. The smallest absolute Gasteiger partial charge is 0.0412 e. The van der Waals surface area contributed by atoms with Crippen molar-refractivity contribution in [3.05, 3.63) is 34.9 Å². The van der Waals surface area contributed by atoms with Crippen molar-refractivity contribution in [1.82, 2.24) is 0 Å². The van der Waals surface area contributed by atoms with Gasteiger partial charge in [0.15, 0.2) is 0 Å². The minimum atomic E-state index is -0.0176. The van der Waals surface area contributed by atoms with Crippen LogP contribution in [-0.2, 0) is 12.0 Å². The normalized spacial score (nSPS) is 18.6. The minimum Gasteiger partial charge on any atom is -0.321 e. The maximum absolute atomic E-state index is 6.47. The second-order valence-corrected chi connectivity index (χ2v) is 5.43. The molecule has 1 aromatic carbocycles. The van der Waals surface area contributed by atoms with Crippen molar-refractivity contribution in [2.45, 2.75) is 57.9 Å². The largest absolute Gasteiger partial charge is 0.321 e. The lowest BCUT2D eigenvalue weighted by Gasteiger charge is -2.40. The summed E-state index contributed by atoms with van der Waals surface area (Å²) < 4.78 is 0. The molecular formula is C15H23N. The zero-order valence-electron chi connectivity index (χ0n) is 10.7. The van der Waals surface area contributed by atoms with E-state index in [1.807, 2.05) is 0 Å². The molecule has 0 heterocycles. The van der Waals surface area contributed by atoms with Gasteiger partial charge < -0.3 is 5.73 Å². The van der Waals surface area contributed by atoms with Gasteiger partial charge in [-0.15, -0.1) is 0 Å². The van der Waals surface area contributed by atoms with Gasteiger partial charge in [-0.1, -0.05) is 39.0 Å². The Hall–Kier alpha value is -0.820. The zero-order valence-corrected chi connectivity index (χ0v) is 10.7. The van der Waals surface area contributed by atoms with E-state index >= 15 is 0 Å². The van der Waals surface area contributed by atoms with E-state index in [0.29, 0.717) is 5.92 Å². The average Bonchev–Trinajstić information content (AvgIpc) is 2.25. The summed E-state index contributed by atoms with van der Waals surface area (Å²) in [6, 6.07) is 6.88. The fraction of sp³-hybridized carbons (Fsp3) is 0.600. The topological polar surface area (TPSA) is 26.0 Å². The summed E-state index contributed by atoms with van der Waals surface area (Å²) in [5.74, 6) is 0.591. The van der Waals surface area contributed by atoms with Crippen molar-refractivity contribution in [2.75, 3.05) is 0 Å². The molecule has 1 heteroatoms. The Balaban J connectivity index is 2.43. The van der Waals surface area contributed by atoms with Crippen LogP contribution in [0.5, 0.6) is 0 Å². The summed E-state index contributed by atoms with van der Waals surface area (Å²) in [5.41, 5.74) is 10.7. The maximum Gasteiger partial charge on any atom is 0.0412 e. The van der Waals surface area contributed by atoms with Crippen molar-refractivity contribution in [2.24, 2.45) is 5.73 Å². The predicted molar refractivity (Wildman–Crippen MR) is 69.6 cm³/mol.